The minimum absolute atomic E-state index is 0.213. The van der Waals surface area contributed by atoms with Crippen molar-refractivity contribution in [2.75, 3.05) is 6.54 Å². The molecule has 7 heteroatoms. The molecule has 0 saturated carbocycles. The van der Waals surface area contributed by atoms with Crippen LogP contribution < -0.4 is 5.32 Å². The third-order valence-corrected chi connectivity index (χ3v) is 5.30. The second-order valence-electron chi connectivity index (χ2n) is 7.13. The van der Waals surface area contributed by atoms with Gasteiger partial charge in [0.05, 0.1) is 11.6 Å². The molecular formula is C23H21ClN4O2. The summed E-state index contributed by atoms with van der Waals surface area (Å²) in [6, 6.07) is 14.6. The Labute approximate surface area is 179 Å². The number of hydrogen-bond acceptors (Lipinski definition) is 4. The van der Waals surface area contributed by atoms with E-state index in [1.807, 2.05) is 50.2 Å². The lowest BCUT2D eigenvalue weighted by Gasteiger charge is -2.34. The smallest absolute Gasteiger partial charge is 0.322 e. The normalized spacial score (nSPS) is 16.6. The number of benzene rings is 2. The van der Waals surface area contributed by atoms with Crippen molar-refractivity contribution in [1.29, 1.82) is 0 Å². The van der Waals surface area contributed by atoms with Crippen LogP contribution in [0.1, 0.15) is 30.0 Å². The summed E-state index contributed by atoms with van der Waals surface area (Å²) in [5.74, 6) is 0.856. The highest BCUT2D eigenvalue weighted by Gasteiger charge is 2.35. The van der Waals surface area contributed by atoms with Gasteiger partial charge in [-0.1, -0.05) is 58.7 Å². The molecule has 1 N–H and O–H groups in total. The van der Waals surface area contributed by atoms with Gasteiger partial charge in [-0.2, -0.15) is 4.98 Å². The van der Waals surface area contributed by atoms with E-state index in [0.29, 0.717) is 23.3 Å². The molecule has 0 spiro atoms. The van der Waals surface area contributed by atoms with Crippen molar-refractivity contribution in [1.82, 2.24) is 20.4 Å². The minimum Gasteiger partial charge on any atom is -0.334 e. The summed E-state index contributed by atoms with van der Waals surface area (Å²) in [5, 5.41) is 7.83. The molecule has 0 radical (unpaired) electrons. The van der Waals surface area contributed by atoms with Crippen LogP contribution in [0.2, 0.25) is 5.02 Å². The van der Waals surface area contributed by atoms with Crippen LogP contribution in [0.15, 0.2) is 71.4 Å². The average molecular weight is 421 g/mol. The quantitative estimate of drug-likeness (QED) is 0.562. The van der Waals surface area contributed by atoms with Gasteiger partial charge < -0.3 is 9.84 Å². The van der Waals surface area contributed by atoms with Crippen molar-refractivity contribution in [2.45, 2.75) is 19.9 Å². The lowest BCUT2D eigenvalue weighted by Crippen LogP contribution is -2.46. The van der Waals surface area contributed by atoms with Crippen LogP contribution >= 0.6 is 11.6 Å². The fourth-order valence-corrected chi connectivity index (χ4v) is 3.67. The molecule has 0 fully saturated rings. The van der Waals surface area contributed by atoms with Crippen LogP contribution in [0.4, 0.5) is 4.79 Å². The molecule has 1 aliphatic rings. The zero-order valence-corrected chi connectivity index (χ0v) is 17.5. The molecule has 1 atom stereocenters. The van der Waals surface area contributed by atoms with E-state index in [-0.39, 0.29) is 6.03 Å². The molecule has 6 nitrogen and oxygen atoms in total. The van der Waals surface area contributed by atoms with Gasteiger partial charge >= 0.3 is 6.03 Å². The molecule has 0 aliphatic carbocycles. The van der Waals surface area contributed by atoms with E-state index in [2.05, 4.69) is 22.0 Å². The average Bonchev–Trinajstić information content (AvgIpc) is 3.21. The number of rotatable bonds is 5. The molecule has 3 aromatic rings. The summed E-state index contributed by atoms with van der Waals surface area (Å²) in [4.78, 5) is 19.0. The number of aromatic nitrogens is 2. The van der Waals surface area contributed by atoms with Gasteiger partial charge in [0.15, 0.2) is 0 Å². The molecule has 2 heterocycles. The Balaban J connectivity index is 1.82. The monoisotopic (exact) mass is 420 g/mol. The fraction of sp³-hybridized carbons (Fsp3) is 0.174. The second-order valence-corrected chi connectivity index (χ2v) is 7.56. The summed E-state index contributed by atoms with van der Waals surface area (Å²) in [6.45, 7) is 8.00. The highest BCUT2D eigenvalue weighted by atomic mass is 35.5. The highest BCUT2D eigenvalue weighted by molar-refractivity contribution is 6.30. The molecule has 1 aliphatic heterocycles. The third-order valence-electron chi connectivity index (χ3n) is 5.04. The number of halogens is 1. The molecule has 1 aromatic heterocycles. The summed E-state index contributed by atoms with van der Waals surface area (Å²) in [6.07, 6.45) is 1.68. The minimum atomic E-state index is -0.443. The van der Waals surface area contributed by atoms with E-state index in [0.717, 1.165) is 28.0 Å². The molecule has 4 rings (SSSR count). The number of carbonyl (C=O) groups excluding carboxylic acids is 1. The van der Waals surface area contributed by atoms with E-state index in [1.54, 1.807) is 23.1 Å². The lowest BCUT2D eigenvalue weighted by molar-refractivity contribution is 0.209. The Bertz CT molecular complexity index is 1130. The van der Waals surface area contributed by atoms with Crippen LogP contribution in [0.25, 0.3) is 17.0 Å². The van der Waals surface area contributed by atoms with Gasteiger partial charge in [0.2, 0.25) is 5.82 Å². The summed E-state index contributed by atoms with van der Waals surface area (Å²) in [7, 11) is 0. The maximum atomic E-state index is 12.7. The Morgan fingerprint density at radius 3 is 2.70 bits per heavy atom. The highest BCUT2D eigenvalue weighted by Crippen LogP contribution is 2.37. The molecule has 30 heavy (non-hydrogen) atoms. The number of hydrogen-bond donors (Lipinski definition) is 1. The van der Waals surface area contributed by atoms with E-state index in [4.69, 9.17) is 16.1 Å². The van der Waals surface area contributed by atoms with Crippen LogP contribution in [-0.2, 0) is 0 Å². The van der Waals surface area contributed by atoms with Crippen LogP contribution in [0.5, 0.6) is 0 Å². The van der Waals surface area contributed by atoms with Gasteiger partial charge in [-0.15, -0.1) is 6.58 Å². The number of nitrogens with zero attached hydrogens (tertiary/aromatic N) is 3. The van der Waals surface area contributed by atoms with Crippen molar-refractivity contribution in [3.05, 3.63) is 88.9 Å². The largest absolute Gasteiger partial charge is 0.334 e. The maximum Gasteiger partial charge on any atom is 0.322 e. The number of amides is 2. The van der Waals surface area contributed by atoms with Crippen molar-refractivity contribution in [3.8, 4) is 11.4 Å². The van der Waals surface area contributed by atoms with Gasteiger partial charge in [0.25, 0.3) is 5.89 Å². The van der Waals surface area contributed by atoms with Crippen LogP contribution in [0.3, 0.4) is 0 Å². The van der Waals surface area contributed by atoms with Crippen molar-refractivity contribution < 1.29 is 9.32 Å². The number of allylic oxidation sites excluding steroid dienone is 1. The second kappa shape index (κ2) is 8.16. The van der Waals surface area contributed by atoms with Crippen molar-refractivity contribution >= 4 is 23.2 Å². The Morgan fingerprint density at radius 2 is 2.00 bits per heavy atom. The summed E-state index contributed by atoms with van der Waals surface area (Å²) >= 11 is 6.05. The third kappa shape index (κ3) is 3.74. The van der Waals surface area contributed by atoms with Gasteiger partial charge in [-0.3, -0.25) is 4.90 Å². The Kier molecular flexibility index (Phi) is 5.42. The topological polar surface area (TPSA) is 71.3 Å². The molecule has 0 bridgehead atoms. The number of urea groups is 1. The number of nitrogens with one attached hydrogen (secondary N) is 1. The predicted molar refractivity (Wildman–Crippen MR) is 117 cm³/mol. The van der Waals surface area contributed by atoms with Crippen molar-refractivity contribution in [3.63, 3.8) is 0 Å². The number of aryl methyl sites for hydroxylation is 1. The summed E-state index contributed by atoms with van der Waals surface area (Å²) < 4.78 is 5.66. The Hall–Kier alpha value is -3.38. The SMILES string of the molecule is C=CCN1C(=O)NC(c2ccc(Cl)cc2)C(c2nc(-c3cccc(C)c3)no2)=C1C. The maximum absolute atomic E-state index is 12.7. The molecule has 152 valence electrons. The molecule has 2 amide bonds. The van der Waals surface area contributed by atoms with Gasteiger partial charge in [-0.25, -0.2) is 4.79 Å². The molecule has 2 aromatic carbocycles. The van der Waals surface area contributed by atoms with E-state index in [9.17, 15) is 4.79 Å². The standard InChI is InChI=1S/C23H21ClN4O2/c1-4-12-28-15(3)19(20(25-23(28)29)16-8-10-18(24)11-9-16)22-26-21(27-30-22)17-7-5-6-14(2)13-17/h4-11,13,20H,1,12H2,2-3H3,(H,25,29). The van der Waals surface area contributed by atoms with Crippen LogP contribution in [0, 0.1) is 6.92 Å². The summed E-state index contributed by atoms with van der Waals surface area (Å²) in [5.41, 5.74) is 4.32. The molecule has 0 saturated heterocycles. The van der Waals surface area contributed by atoms with E-state index in [1.165, 1.54) is 0 Å². The predicted octanol–water partition coefficient (Wildman–Crippen LogP) is 5.38. The first kappa shape index (κ1) is 19.9. The molecule has 1 unspecified atom stereocenters. The van der Waals surface area contributed by atoms with Crippen molar-refractivity contribution in [2.24, 2.45) is 0 Å². The number of carbonyl (C=O) groups is 1. The first-order valence-corrected chi connectivity index (χ1v) is 9.92. The lowest BCUT2D eigenvalue weighted by atomic mass is 9.94. The first-order valence-electron chi connectivity index (χ1n) is 9.54. The van der Waals surface area contributed by atoms with Gasteiger partial charge in [0, 0.05) is 22.8 Å². The van der Waals surface area contributed by atoms with Gasteiger partial charge in [-0.05, 0) is 37.6 Å². The van der Waals surface area contributed by atoms with Gasteiger partial charge in [0.1, 0.15) is 0 Å². The molecular weight excluding hydrogens is 400 g/mol. The fourth-order valence-electron chi connectivity index (χ4n) is 3.55. The van der Waals surface area contributed by atoms with Crippen LogP contribution in [-0.4, -0.2) is 27.6 Å². The van der Waals surface area contributed by atoms with E-state index >= 15 is 0 Å². The first-order chi connectivity index (χ1) is 14.5. The van der Waals surface area contributed by atoms with E-state index < -0.39 is 6.04 Å². The Morgan fingerprint density at radius 1 is 1.23 bits per heavy atom. The zero-order valence-electron chi connectivity index (χ0n) is 16.7. The zero-order chi connectivity index (χ0) is 21.3.